The molecule has 0 unspecified atom stereocenters. The number of carbonyl (C=O) groups is 1. The normalized spacial score (nSPS) is 22.4. The monoisotopic (exact) mass is 317 g/mol. The Morgan fingerprint density at radius 2 is 2.13 bits per heavy atom. The van der Waals surface area contributed by atoms with Crippen LogP contribution in [0.2, 0.25) is 0 Å². The number of rotatable bonds is 6. The van der Waals surface area contributed by atoms with Crippen molar-refractivity contribution in [2.24, 2.45) is 0 Å². The van der Waals surface area contributed by atoms with E-state index in [1.165, 1.54) is 0 Å². The molecule has 5 nitrogen and oxygen atoms in total. The number of carbonyl (C=O) groups excluding carboxylic acids is 1. The van der Waals surface area contributed by atoms with E-state index in [0.29, 0.717) is 18.4 Å². The topological polar surface area (TPSA) is 45.7 Å². The van der Waals surface area contributed by atoms with Gasteiger partial charge >= 0.3 is 0 Å². The molecule has 2 aliphatic heterocycles. The third kappa shape index (κ3) is 4.75. The lowest BCUT2D eigenvalue weighted by atomic mass is 10.1. The van der Waals surface area contributed by atoms with Crippen molar-refractivity contribution < 1.29 is 9.53 Å². The van der Waals surface area contributed by atoms with E-state index >= 15 is 0 Å². The van der Waals surface area contributed by atoms with Crippen LogP contribution in [0.15, 0.2) is 24.4 Å². The molecule has 1 atom stereocenters. The maximum Gasteiger partial charge on any atom is 0.222 e. The Bertz CT molecular complexity index is 488. The van der Waals surface area contributed by atoms with Crippen molar-refractivity contribution in [1.82, 2.24) is 14.8 Å². The summed E-state index contributed by atoms with van der Waals surface area (Å²) in [6, 6.07) is 6.36. The van der Waals surface area contributed by atoms with E-state index in [1.54, 1.807) is 0 Å². The summed E-state index contributed by atoms with van der Waals surface area (Å²) < 4.78 is 5.41. The number of aryl methyl sites for hydroxylation is 1. The summed E-state index contributed by atoms with van der Waals surface area (Å²) in [6.07, 6.45) is 6.50. The molecule has 2 aliphatic rings. The molecule has 1 aromatic rings. The number of amides is 1. The van der Waals surface area contributed by atoms with Crippen LogP contribution in [0.4, 0.5) is 0 Å². The smallest absolute Gasteiger partial charge is 0.222 e. The molecule has 0 radical (unpaired) electrons. The van der Waals surface area contributed by atoms with Crippen LogP contribution in [0.1, 0.15) is 31.4 Å². The fraction of sp³-hybridized carbons (Fsp3) is 0.667. The number of nitrogens with zero attached hydrogens (tertiary/aromatic N) is 3. The van der Waals surface area contributed by atoms with Gasteiger partial charge in [0, 0.05) is 50.5 Å². The number of pyridine rings is 1. The summed E-state index contributed by atoms with van der Waals surface area (Å²) in [5.74, 6) is 0.316. The molecule has 0 N–H and O–H groups in total. The first-order valence-corrected chi connectivity index (χ1v) is 8.82. The minimum absolute atomic E-state index is 0.316. The first-order valence-electron chi connectivity index (χ1n) is 8.82. The van der Waals surface area contributed by atoms with Crippen molar-refractivity contribution in [1.29, 1.82) is 0 Å². The first-order chi connectivity index (χ1) is 11.3. The molecule has 3 heterocycles. The third-order valence-electron chi connectivity index (χ3n) is 4.82. The summed E-state index contributed by atoms with van der Waals surface area (Å²) in [6.45, 7) is 5.58. The molecule has 0 aromatic carbocycles. The van der Waals surface area contributed by atoms with E-state index in [1.807, 2.05) is 24.4 Å². The maximum atomic E-state index is 12.5. The molecule has 0 bridgehead atoms. The largest absolute Gasteiger partial charge is 0.379 e. The lowest BCUT2D eigenvalue weighted by Gasteiger charge is -2.33. The van der Waals surface area contributed by atoms with Crippen LogP contribution in [0.3, 0.4) is 0 Å². The Balaban J connectivity index is 1.43. The maximum absolute atomic E-state index is 12.5. The molecule has 0 saturated carbocycles. The molecular weight excluding hydrogens is 290 g/mol. The van der Waals surface area contributed by atoms with Gasteiger partial charge in [0.05, 0.1) is 13.2 Å². The second kappa shape index (κ2) is 8.41. The molecule has 1 aromatic heterocycles. The number of hydrogen-bond acceptors (Lipinski definition) is 4. The van der Waals surface area contributed by atoms with E-state index in [0.717, 1.165) is 70.8 Å². The Morgan fingerprint density at radius 3 is 2.91 bits per heavy atom. The van der Waals surface area contributed by atoms with Crippen LogP contribution in [0.5, 0.6) is 0 Å². The number of ether oxygens (including phenoxy) is 1. The van der Waals surface area contributed by atoms with Crippen LogP contribution in [0.25, 0.3) is 0 Å². The molecule has 23 heavy (non-hydrogen) atoms. The zero-order valence-corrected chi connectivity index (χ0v) is 13.8. The van der Waals surface area contributed by atoms with E-state index in [-0.39, 0.29) is 0 Å². The SMILES string of the molecule is O=C(CCCc1ccccn1)N1CCC[C@H]1CN1CCOCC1. The number of likely N-dealkylation sites (tertiary alicyclic amines) is 1. The highest BCUT2D eigenvalue weighted by molar-refractivity contribution is 5.76. The molecule has 126 valence electrons. The average Bonchev–Trinajstić information content (AvgIpc) is 3.05. The van der Waals surface area contributed by atoms with Gasteiger partial charge in [0.2, 0.25) is 5.91 Å². The van der Waals surface area contributed by atoms with Crippen molar-refractivity contribution in [3.8, 4) is 0 Å². The van der Waals surface area contributed by atoms with Gasteiger partial charge in [-0.1, -0.05) is 6.07 Å². The quantitative estimate of drug-likeness (QED) is 0.801. The summed E-state index contributed by atoms with van der Waals surface area (Å²) >= 11 is 0. The average molecular weight is 317 g/mol. The van der Waals surface area contributed by atoms with Gasteiger partial charge in [-0.2, -0.15) is 0 Å². The highest BCUT2D eigenvalue weighted by Gasteiger charge is 2.30. The Kier molecular flexibility index (Phi) is 6.00. The number of hydrogen-bond donors (Lipinski definition) is 0. The van der Waals surface area contributed by atoms with E-state index in [2.05, 4.69) is 14.8 Å². The van der Waals surface area contributed by atoms with E-state index in [9.17, 15) is 4.79 Å². The van der Waals surface area contributed by atoms with Gasteiger partial charge in [0.15, 0.2) is 0 Å². The summed E-state index contributed by atoms with van der Waals surface area (Å²) in [5.41, 5.74) is 1.08. The second-order valence-electron chi connectivity index (χ2n) is 6.47. The predicted octanol–water partition coefficient (Wildman–Crippen LogP) is 1.73. The standard InChI is InChI=1S/C18H27N3O2/c22-18(8-3-6-16-5-1-2-9-19-16)21-10-4-7-17(21)15-20-11-13-23-14-12-20/h1-2,5,9,17H,3-4,6-8,10-15H2/t17-/m0/s1. The predicted molar refractivity (Wildman–Crippen MR) is 89.2 cm³/mol. The molecular formula is C18H27N3O2. The zero-order valence-electron chi connectivity index (χ0n) is 13.8. The summed E-state index contributed by atoms with van der Waals surface area (Å²) in [5, 5.41) is 0. The van der Waals surface area contributed by atoms with E-state index in [4.69, 9.17) is 4.74 Å². The molecule has 2 fully saturated rings. The van der Waals surface area contributed by atoms with Crippen LogP contribution in [-0.4, -0.2) is 66.1 Å². The molecule has 3 rings (SSSR count). The minimum Gasteiger partial charge on any atom is -0.379 e. The molecule has 0 spiro atoms. The van der Waals surface area contributed by atoms with Crippen LogP contribution < -0.4 is 0 Å². The highest BCUT2D eigenvalue weighted by Crippen LogP contribution is 2.20. The number of morpholine rings is 1. The Hall–Kier alpha value is -1.46. The number of aromatic nitrogens is 1. The van der Waals surface area contributed by atoms with Crippen LogP contribution >= 0.6 is 0 Å². The second-order valence-corrected chi connectivity index (χ2v) is 6.47. The summed E-state index contributed by atoms with van der Waals surface area (Å²) in [4.78, 5) is 21.4. The van der Waals surface area contributed by atoms with Gasteiger partial charge in [-0.15, -0.1) is 0 Å². The van der Waals surface area contributed by atoms with Crippen molar-refractivity contribution >= 4 is 5.91 Å². The fourth-order valence-corrected chi connectivity index (χ4v) is 3.55. The van der Waals surface area contributed by atoms with Crippen LogP contribution in [0, 0.1) is 0 Å². The zero-order chi connectivity index (χ0) is 15.9. The Labute approximate surface area is 138 Å². The first kappa shape index (κ1) is 16.4. The van der Waals surface area contributed by atoms with E-state index < -0.39 is 0 Å². The molecule has 1 amide bonds. The van der Waals surface area contributed by atoms with Crippen molar-refractivity contribution in [3.63, 3.8) is 0 Å². The molecule has 0 aliphatic carbocycles. The lowest BCUT2D eigenvalue weighted by molar-refractivity contribution is -0.132. The van der Waals surface area contributed by atoms with Gasteiger partial charge in [0.1, 0.15) is 0 Å². The van der Waals surface area contributed by atoms with Gasteiger partial charge in [-0.25, -0.2) is 0 Å². The minimum atomic E-state index is 0.316. The molecule has 2 saturated heterocycles. The highest BCUT2D eigenvalue weighted by atomic mass is 16.5. The molecule has 5 heteroatoms. The van der Waals surface area contributed by atoms with Gasteiger partial charge in [-0.3, -0.25) is 14.7 Å². The van der Waals surface area contributed by atoms with Crippen molar-refractivity contribution in [2.45, 2.75) is 38.1 Å². The van der Waals surface area contributed by atoms with Gasteiger partial charge in [0.25, 0.3) is 0 Å². The lowest BCUT2D eigenvalue weighted by Crippen LogP contribution is -2.46. The fourth-order valence-electron chi connectivity index (χ4n) is 3.55. The summed E-state index contributed by atoms with van der Waals surface area (Å²) in [7, 11) is 0. The van der Waals surface area contributed by atoms with Gasteiger partial charge < -0.3 is 9.64 Å². The van der Waals surface area contributed by atoms with Gasteiger partial charge in [-0.05, 0) is 37.8 Å². The third-order valence-corrected chi connectivity index (χ3v) is 4.82. The van der Waals surface area contributed by atoms with Crippen molar-refractivity contribution in [3.05, 3.63) is 30.1 Å². The van der Waals surface area contributed by atoms with Crippen LogP contribution in [-0.2, 0) is 16.0 Å². The van der Waals surface area contributed by atoms with Crippen molar-refractivity contribution in [2.75, 3.05) is 39.4 Å². The Morgan fingerprint density at radius 1 is 1.26 bits per heavy atom.